The molecule has 20 heavy (non-hydrogen) atoms. The van der Waals surface area contributed by atoms with E-state index in [2.05, 4.69) is 12.1 Å². The van der Waals surface area contributed by atoms with Gasteiger partial charge in [-0.1, -0.05) is 24.3 Å². The van der Waals surface area contributed by atoms with Crippen LogP contribution in [0.1, 0.15) is 21.5 Å². The highest BCUT2D eigenvalue weighted by Crippen LogP contribution is 2.26. The van der Waals surface area contributed by atoms with E-state index >= 15 is 0 Å². The first-order valence-electron chi connectivity index (χ1n) is 6.48. The summed E-state index contributed by atoms with van der Waals surface area (Å²) >= 11 is 0. The maximum Gasteiger partial charge on any atom is 0.254 e. The van der Waals surface area contributed by atoms with E-state index in [9.17, 15) is 4.79 Å². The molecule has 0 unspecified atom stereocenters. The van der Waals surface area contributed by atoms with Gasteiger partial charge in [-0.05, 0) is 23.3 Å². The first kappa shape index (κ1) is 12.5. The zero-order chi connectivity index (χ0) is 14.1. The van der Waals surface area contributed by atoms with Crippen molar-refractivity contribution in [3.8, 4) is 5.75 Å². The topological polar surface area (TPSA) is 55.6 Å². The number of hydrogen-bond donors (Lipinski definition) is 1. The number of fused-ring (bicyclic) bond motifs is 1. The first-order valence-corrected chi connectivity index (χ1v) is 6.48. The summed E-state index contributed by atoms with van der Waals surface area (Å²) in [5.41, 5.74) is 9.31. The van der Waals surface area contributed by atoms with Gasteiger partial charge < -0.3 is 15.4 Å². The fraction of sp³-hybridized carbons (Fsp3) is 0.188. The Bertz CT molecular complexity index is 642. The van der Waals surface area contributed by atoms with Crippen LogP contribution in [0.5, 0.6) is 5.75 Å². The predicted molar refractivity (Wildman–Crippen MR) is 77.4 cm³/mol. The lowest BCUT2D eigenvalue weighted by atomic mass is 10.1. The summed E-state index contributed by atoms with van der Waals surface area (Å²) in [5, 5.41) is 0. The van der Waals surface area contributed by atoms with E-state index in [1.165, 1.54) is 11.1 Å². The Balaban J connectivity index is 1.86. The number of rotatable bonds is 2. The molecule has 2 aromatic rings. The fourth-order valence-corrected chi connectivity index (χ4v) is 2.52. The summed E-state index contributed by atoms with van der Waals surface area (Å²) in [7, 11) is 1.56. The van der Waals surface area contributed by atoms with Gasteiger partial charge in [0.2, 0.25) is 0 Å². The number of hydrogen-bond acceptors (Lipinski definition) is 3. The van der Waals surface area contributed by atoms with Gasteiger partial charge in [-0.2, -0.15) is 0 Å². The van der Waals surface area contributed by atoms with E-state index < -0.39 is 0 Å². The second kappa shape index (κ2) is 4.89. The van der Waals surface area contributed by atoms with Crippen LogP contribution in [-0.2, 0) is 13.1 Å². The van der Waals surface area contributed by atoms with Crippen molar-refractivity contribution in [1.29, 1.82) is 0 Å². The van der Waals surface area contributed by atoms with Crippen molar-refractivity contribution in [2.45, 2.75) is 13.1 Å². The van der Waals surface area contributed by atoms with Gasteiger partial charge in [-0.15, -0.1) is 0 Å². The van der Waals surface area contributed by atoms with Crippen LogP contribution in [0.2, 0.25) is 0 Å². The van der Waals surface area contributed by atoms with E-state index in [0.29, 0.717) is 30.1 Å². The van der Waals surface area contributed by atoms with Gasteiger partial charge in [0.15, 0.2) is 0 Å². The Hall–Kier alpha value is -2.49. The monoisotopic (exact) mass is 268 g/mol. The summed E-state index contributed by atoms with van der Waals surface area (Å²) in [6.45, 7) is 1.29. The van der Waals surface area contributed by atoms with Crippen molar-refractivity contribution in [3.63, 3.8) is 0 Å². The molecule has 0 spiro atoms. The van der Waals surface area contributed by atoms with Gasteiger partial charge >= 0.3 is 0 Å². The third-order valence-corrected chi connectivity index (χ3v) is 3.54. The lowest BCUT2D eigenvalue weighted by molar-refractivity contribution is 0.0751. The van der Waals surface area contributed by atoms with Gasteiger partial charge in [0.05, 0.1) is 7.11 Å². The lowest BCUT2D eigenvalue weighted by Crippen LogP contribution is -2.25. The van der Waals surface area contributed by atoms with Crippen LogP contribution in [-0.4, -0.2) is 17.9 Å². The maximum absolute atomic E-state index is 12.6. The Morgan fingerprint density at radius 1 is 1.15 bits per heavy atom. The zero-order valence-electron chi connectivity index (χ0n) is 11.3. The second-order valence-corrected chi connectivity index (χ2v) is 4.92. The Morgan fingerprint density at radius 2 is 1.80 bits per heavy atom. The Kier molecular flexibility index (Phi) is 3.06. The average Bonchev–Trinajstić information content (AvgIpc) is 2.89. The molecule has 0 radical (unpaired) electrons. The highest BCUT2D eigenvalue weighted by molar-refractivity contribution is 5.95. The molecule has 0 atom stereocenters. The largest absolute Gasteiger partial charge is 0.497 e. The van der Waals surface area contributed by atoms with E-state index in [1.807, 2.05) is 17.0 Å². The quantitative estimate of drug-likeness (QED) is 0.851. The molecule has 0 fully saturated rings. The van der Waals surface area contributed by atoms with Crippen molar-refractivity contribution in [2.75, 3.05) is 12.8 Å². The first-order chi connectivity index (χ1) is 9.67. The number of ether oxygens (including phenoxy) is 1. The van der Waals surface area contributed by atoms with Crippen molar-refractivity contribution in [2.24, 2.45) is 0 Å². The van der Waals surface area contributed by atoms with Crippen molar-refractivity contribution in [3.05, 3.63) is 59.2 Å². The molecule has 0 bridgehead atoms. The van der Waals surface area contributed by atoms with Gasteiger partial charge in [-0.3, -0.25) is 4.79 Å². The van der Waals surface area contributed by atoms with Gasteiger partial charge in [-0.25, -0.2) is 0 Å². The third-order valence-electron chi connectivity index (χ3n) is 3.54. The number of methoxy groups -OCH3 is 1. The SMILES string of the molecule is COc1cc(N)cc(C(=O)N2Cc3ccccc3C2)c1. The van der Waals surface area contributed by atoms with Crippen molar-refractivity contribution >= 4 is 11.6 Å². The van der Waals surface area contributed by atoms with E-state index in [0.717, 1.165) is 0 Å². The number of anilines is 1. The Labute approximate surface area is 117 Å². The summed E-state index contributed by atoms with van der Waals surface area (Å²) in [6, 6.07) is 13.2. The third kappa shape index (κ3) is 2.20. The molecular weight excluding hydrogens is 252 g/mol. The lowest BCUT2D eigenvalue weighted by Gasteiger charge is -2.16. The minimum Gasteiger partial charge on any atom is -0.497 e. The van der Waals surface area contributed by atoms with Crippen LogP contribution in [0.3, 0.4) is 0 Å². The molecule has 2 N–H and O–H groups in total. The molecule has 0 saturated heterocycles. The van der Waals surface area contributed by atoms with Gasteiger partial charge in [0.25, 0.3) is 5.91 Å². The molecule has 102 valence electrons. The van der Waals surface area contributed by atoms with Crippen LogP contribution in [0.4, 0.5) is 5.69 Å². The smallest absolute Gasteiger partial charge is 0.254 e. The molecule has 1 heterocycles. The molecule has 1 aliphatic heterocycles. The summed E-state index contributed by atoms with van der Waals surface area (Å²) < 4.78 is 5.16. The molecule has 1 aliphatic rings. The van der Waals surface area contributed by atoms with Crippen LogP contribution < -0.4 is 10.5 Å². The average molecular weight is 268 g/mol. The van der Waals surface area contributed by atoms with E-state index in [4.69, 9.17) is 10.5 Å². The number of amides is 1. The van der Waals surface area contributed by atoms with Gasteiger partial charge in [0, 0.05) is 30.4 Å². The number of carbonyl (C=O) groups is 1. The molecule has 3 rings (SSSR count). The molecule has 0 aliphatic carbocycles. The number of nitrogens with zero attached hydrogens (tertiary/aromatic N) is 1. The zero-order valence-corrected chi connectivity index (χ0v) is 11.3. The van der Waals surface area contributed by atoms with Crippen LogP contribution in [0.15, 0.2) is 42.5 Å². The summed E-state index contributed by atoms with van der Waals surface area (Å²) in [4.78, 5) is 14.4. The number of nitrogen functional groups attached to an aromatic ring is 1. The highest BCUT2D eigenvalue weighted by atomic mass is 16.5. The summed E-state index contributed by atoms with van der Waals surface area (Å²) in [6.07, 6.45) is 0. The molecule has 2 aromatic carbocycles. The molecule has 0 aromatic heterocycles. The minimum absolute atomic E-state index is 0.0215. The van der Waals surface area contributed by atoms with Gasteiger partial charge in [0.1, 0.15) is 5.75 Å². The van der Waals surface area contributed by atoms with E-state index in [-0.39, 0.29) is 5.91 Å². The molecule has 4 nitrogen and oxygen atoms in total. The number of benzene rings is 2. The Morgan fingerprint density at radius 3 is 2.40 bits per heavy atom. The molecule has 4 heteroatoms. The molecule has 1 amide bonds. The minimum atomic E-state index is -0.0215. The van der Waals surface area contributed by atoms with Crippen LogP contribution >= 0.6 is 0 Å². The highest BCUT2D eigenvalue weighted by Gasteiger charge is 2.24. The normalized spacial score (nSPS) is 13.2. The fourth-order valence-electron chi connectivity index (χ4n) is 2.52. The summed E-state index contributed by atoms with van der Waals surface area (Å²) in [5.74, 6) is 0.580. The standard InChI is InChI=1S/C16H16N2O2/c1-20-15-7-13(6-14(17)8-15)16(19)18-9-11-4-2-3-5-12(11)10-18/h2-8H,9-10,17H2,1H3. The second-order valence-electron chi connectivity index (χ2n) is 4.92. The van der Waals surface area contributed by atoms with Crippen molar-refractivity contribution in [1.82, 2.24) is 4.90 Å². The molecular formula is C16H16N2O2. The van der Waals surface area contributed by atoms with Crippen LogP contribution in [0, 0.1) is 0 Å². The number of nitrogens with two attached hydrogens (primary N) is 1. The molecule has 0 saturated carbocycles. The number of carbonyl (C=O) groups excluding carboxylic acids is 1. The van der Waals surface area contributed by atoms with Crippen LogP contribution in [0.25, 0.3) is 0 Å². The van der Waals surface area contributed by atoms with Crippen molar-refractivity contribution < 1.29 is 9.53 Å². The predicted octanol–water partition coefficient (Wildman–Crippen LogP) is 2.43. The maximum atomic E-state index is 12.6. The van der Waals surface area contributed by atoms with E-state index in [1.54, 1.807) is 25.3 Å².